The van der Waals surface area contributed by atoms with Crippen LogP contribution in [0, 0.1) is 6.92 Å². The van der Waals surface area contributed by atoms with Crippen molar-refractivity contribution >= 4 is 26.0 Å². The van der Waals surface area contributed by atoms with Crippen molar-refractivity contribution in [3.63, 3.8) is 0 Å². The SMILES string of the molecule is Cc1ccc(S(=O)(=O)N2CC(CBr)OC(C)(C)C2)cc1. The molecule has 0 N–H and O–H groups in total. The molecule has 0 bridgehead atoms. The van der Waals surface area contributed by atoms with Gasteiger partial charge >= 0.3 is 0 Å². The average molecular weight is 362 g/mol. The van der Waals surface area contributed by atoms with Crippen molar-refractivity contribution in [3.05, 3.63) is 29.8 Å². The standard InChI is InChI=1S/C14H20BrNO3S/c1-11-4-6-13(7-5-11)20(17,18)16-9-12(8-15)19-14(2,3)10-16/h4-7,12H,8-10H2,1-3H3. The first-order valence-corrected chi connectivity index (χ1v) is 9.11. The van der Waals surface area contributed by atoms with Crippen LogP contribution in [0.25, 0.3) is 0 Å². The van der Waals surface area contributed by atoms with E-state index in [1.807, 2.05) is 32.9 Å². The molecule has 0 saturated carbocycles. The van der Waals surface area contributed by atoms with Crippen LogP contribution in [-0.2, 0) is 14.8 Å². The molecule has 0 aliphatic carbocycles. The van der Waals surface area contributed by atoms with E-state index in [1.54, 1.807) is 12.1 Å². The number of sulfonamides is 1. The summed E-state index contributed by atoms with van der Waals surface area (Å²) in [4.78, 5) is 0.342. The van der Waals surface area contributed by atoms with Gasteiger partial charge < -0.3 is 4.74 Å². The molecular weight excluding hydrogens is 342 g/mol. The van der Waals surface area contributed by atoms with Crippen LogP contribution in [0.1, 0.15) is 19.4 Å². The van der Waals surface area contributed by atoms with Gasteiger partial charge in [-0.3, -0.25) is 0 Å². The number of ether oxygens (including phenoxy) is 1. The van der Waals surface area contributed by atoms with Crippen LogP contribution < -0.4 is 0 Å². The number of hydrogen-bond acceptors (Lipinski definition) is 3. The number of aryl methyl sites for hydroxylation is 1. The number of benzene rings is 1. The molecule has 1 aliphatic rings. The Morgan fingerprint density at radius 2 is 1.95 bits per heavy atom. The minimum Gasteiger partial charge on any atom is -0.369 e. The lowest BCUT2D eigenvalue weighted by Crippen LogP contribution is -2.54. The number of alkyl halides is 1. The van der Waals surface area contributed by atoms with Gasteiger partial charge in [0, 0.05) is 18.4 Å². The van der Waals surface area contributed by atoms with Crippen molar-refractivity contribution in [2.45, 2.75) is 37.4 Å². The van der Waals surface area contributed by atoms with Gasteiger partial charge in [-0.15, -0.1) is 0 Å². The molecule has 1 atom stereocenters. The lowest BCUT2D eigenvalue weighted by molar-refractivity contribution is -0.106. The summed E-state index contributed by atoms with van der Waals surface area (Å²) in [6.07, 6.45) is -0.126. The zero-order valence-electron chi connectivity index (χ0n) is 12.0. The van der Waals surface area contributed by atoms with Gasteiger partial charge in [0.25, 0.3) is 0 Å². The summed E-state index contributed by atoms with van der Waals surface area (Å²) in [6.45, 7) is 6.52. The zero-order chi connectivity index (χ0) is 15.0. The van der Waals surface area contributed by atoms with Gasteiger partial charge in [0.05, 0.1) is 16.6 Å². The van der Waals surface area contributed by atoms with E-state index < -0.39 is 15.6 Å². The fraction of sp³-hybridized carbons (Fsp3) is 0.571. The lowest BCUT2D eigenvalue weighted by atomic mass is 10.1. The second kappa shape index (κ2) is 5.75. The molecule has 20 heavy (non-hydrogen) atoms. The van der Waals surface area contributed by atoms with Crippen LogP contribution in [0.5, 0.6) is 0 Å². The molecule has 1 fully saturated rings. The Labute approximate surface area is 129 Å². The van der Waals surface area contributed by atoms with Crippen LogP contribution in [0.2, 0.25) is 0 Å². The van der Waals surface area contributed by atoms with Crippen molar-refractivity contribution in [1.29, 1.82) is 0 Å². The zero-order valence-corrected chi connectivity index (χ0v) is 14.4. The van der Waals surface area contributed by atoms with E-state index in [-0.39, 0.29) is 6.10 Å². The summed E-state index contributed by atoms with van der Waals surface area (Å²) in [7, 11) is -3.46. The van der Waals surface area contributed by atoms with Crippen molar-refractivity contribution in [1.82, 2.24) is 4.31 Å². The van der Waals surface area contributed by atoms with Crippen LogP contribution in [0.15, 0.2) is 29.2 Å². The molecule has 1 unspecified atom stereocenters. The maximum absolute atomic E-state index is 12.7. The van der Waals surface area contributed by atoms with Gasteiger partial charge in [-0.05, 0) is 32.9 Å². The smallest absolute Gasteiger partial charge is 0.243 e. The van der Waals surface area contributed by atoms with Crippen molar-refractivity contribution in [2.24, 2.45) is 0 Å². The molecule has 6 heteroatoms. The molecule has 0 aromatic heterocycles. The normalized spacial score (nSPS) is 23.7. The number of nitrogens with zero attached hydrogens (tertiary/aromatic N) is 1. The summed E-state index contributed by atoms with van der Waals surface area (Å²) in [5, 5.41) is 0.621. The summed E-state index contributed by atoms with van der Waals surface area (Å²) in [5.41, 5.74) is 0.568. The van der Waals surface area contributed by atoms with E-state index in [9.17, 15) is 8.42 Å². The second-order valence-electron chi connectivity index (χ2n) is 5.76. The lowest BCUT2D eigenvalue weighted by Gasteiger charge is -2.41. The molecular formula is C14H20BrNO3S. The summed E-state index contributed by atoms with van der Waals surface area (Å²) >= 11 is 3.38. The molecule has 1 aliphatic heterocycles. The number of morpholine rings is 1. The van der Waals surface area contributed by atoms with Crippen LogP contribution in [0.3, 0.4) is 0 Å². The van der Waals surface area contributed by atoms with E-state index in [1.165, 1.54) is 4.31 Å². The molecule has 1 heterocycles. The molecule has 0 radical (unpaired) electrons. The minimum absolute atomic E-state index is 0.126. The summed E-state index contributed by atoms with van der Waals surface area (Å²) < 4.78 is 32.8. The molecule has 112 valence electrons. The first kappa shape index (κ1) is 15.9. The number of rotatable bonds is 3. The third-order valence-corrected chi connectivity index (χ3v) is 5.83. The Kier molecular flexibility index (Phi) is 4.59. The Hall–Kier alpha value is -0.430. The third kappa shape index (κ3) is 3.42. The highest BCUT2D eigenvalue weighted by Gasteiger charge is 2.38. The van der Waals surface area contributed by atoms with Crippen molar-refractivity contribution in [2.75, 3.05) is 18.4 Å². The van der Waals surface area contributed by atoms with Gasteiger partial charge in [0.2, 0.25) is 10.0 Å². The van der Waals surface area contributed by atoms with Crippen LogP contribution in [0.4, 0.5) is 0 Å². The highest BCUT2D eigenvalue weighted by molar-refractivity contribution is 9.09. The number of hydrogen-bond donors (Lipinski definition) is 0. The summed E-state index contributed by atoms with van der Waals surface area (Å²) in [5.74, 6) is 0. The molecule has 4 nitrogen and oxygen atoms in total. The quantitative estimate of drug-likeness (QED) is 0.777. The fourth-order valence-electron chi connectivity index (χ4n) is 2.36. The maximum Gasteiger partial charge on any atom is 0.243 e. The topological polar surface area (TPSA) is 46.6 Å². The molecule has 0 spiro atoms. The average Bonchev–Trinajstić information content (AvgIpc) is 2.37. The molecule has 1 saturated heterocycles. The summed E-state index contributed by atoms with van der Waals surface area (Å²) in [6, 6.07) is 6.97. The fourth-order valence-corrected chi connectivity index (χ4v) is 4.32. The Morgan fingerprint density at radius 3 is 2.50 bits per heavy atom. The Morgan fingerprint density at radius 1 is 1.35 bits per heavy atom. The van der Waals surface area contributed by atoms with E-state index in [4.69, 9.17) is 4.74 Å². The Bertz CT molecular complexity index is 569. The van der Waals surface area contributed by atoms with E-state index >= 15 is 0 Å². The number of halogens is 1. The van der Waals surface area contributed by atoms with Gasteiger partial charge in [-0.2, -0.15) is 4.31 Å². The van der Waals surface area contributed by atoms with E-state index in [0.717, 1.165) is 5.56 Å². The maximum atomic E-state index is 12.7. The minimum atomic E-state index is -3.46. The van der Waals surface area contributed by atoms with E-state index in [2.05, 4.69) is 15.9 Å². The monoisotopic (exact) mass is 361 g/mol. The molecule has 0 amide bonds. The molecule has 2 rings (SSSR count). The van der Waals surface area contributed by atoms with Gasteiger partial charge in [-0.1, -0.05) is 33.6 Å². The Balaban J connectivity index is 2.31. The van der Waals surface area contributed by atoms with Crippen molar-refractivity contribution in [3.8, 4) is 0 Å². The predicted octanol–water partition coefficient (Wildman–Crippen LogP) is 2.56. The largest absolute Gasteiger partial charge is 0.369 e. The highest BCUT2D eigenvalue weighted by Crippen LogP contribution is 2.27. The first-order valence-electron chi connectivity index (χ1n) is 6.55. The first-order chi connectivity index (χ1) is 9.24. The van der Waals surface area contributed by atoms with Crippen LogP contribution in [-0.4, -0.2) is 42.8 Å². The molecule has 1 aromatic rings. The van der Waals surface area contributed by atoms with E-state index in [0.29, 0.717) is 23.3 Å². The van der Waals surface area contributed by atoms with Gasteiger partial charge in [0.15, 0.2) is 0 Å². The van der Waals surface area contributed by atoms with Gasteiger partial charge in [-0.25, -0.2) is 8.42 Å². The van der Waals surface area contributed by atoms with Gasteiger partial charge in [0.1, 0.15) is 0 Å². The highest BCUT2D eigenvalue weighted by atomic mass is 79.9. The van der Waals surface area contributed by atoms with Crippen molar-refractivity contribution < 1.29 is 13.2 Å². The predicted molar refractivity (Wildman–Crippen MR) is 82.7 cm³/mol. The molecule has 1 aromatic carbocycles. The third-order valence-electron chi connectivity index (χ3n) is 3.28. The van der Waals surface area contributed by atoms with Crippen LogP contribution >= 0.6 is 15.9 Å². The second-order valence-corrected chi connectivity index (χ2v) is 8.35.